The van der Waals surface area contributed by atoms with Crippen LogP contribution in [0.1, 0.15) is 64.4 Å². The molecule has 11 heteroatoms. The van der Waals surface area contributed by atoms with Crippen molar-refractivity contribution in [2.45, 2.75) is 83.0 Å². The van der Waals surface area contributed by atoms with Crippen molar-refractivity contribution < 1.29 is 39.6 Å². The van der Waals surface area contributed by atoms with Crippen LogP contribution in [0.3, 0.4) is 0 Å². The van der Waals surface area contributed by atoms with Gasteiger partial charge in [0.1, 0.15) is 18.2 Å². The van der Waals surface area contributed by atoms with Gasteiger partial charge >= 0.3 is 5.97 Å². The molecule has 2 aromatic rings. The van der Waals surface area contributed by atoms with Gasteiger partial charge in [0.05, 0.1) is 11.8 Å². The summed E-state index contributed by atoms with van der Waals surface area (Å²) in [6.07, 6.45) is 7.41. The fraction of sp³-hybridized carbons (Fsp3) is 0.588. The van der Waals surface area contributed by atoms with Crippen LogP contribution in [0.2, 0.25) is 0 Å². The number of hydrogen-bond acceptors (Lipinski definition) is 8. The summed E-state index contributed by atoms with van der Waals surface area (Å²) in [6.45, 7) is 2.98. The average molecular weight is 622 g/mol. The maximum absolute atomic E-state index is 12.6. The molecule has 3 fully saturated rings. The number of rotatable bonds is 9. The first-order chi connectivity index (χ1) is 21.4. The summed E-state index contributed by atoms with van der Waals surface area (Å²) in [7, 11) is 0. The van der Waals surface area contributed by atoms with E-state index in [0.29, 0.717) is 31.4 Å². The maximum atomic E-state index is 12.6. The Morgan fingerprint density at radius 1 is 1.16 bits per heavy atom. The molecule has 3 saturated carbocycles. The third-order valence-electron chi connectivity index (χ3n) is 11.8. The van der Waals surface area contributed by atoms with E-state index in [0.717, 1.165) is 35.7 Å². The molecule has 11 nitrogen and oxygen atoms in total. The normalized spacial score (nSPS) is 35.6. The van der Waals surface area contributed by atoms with Crippen LogP contribution < -0.4 is 5.32 Å². The number of fused-ring (bicyclic) bond motifs is 6. The number of benzene rings is 1. The molecule has 1 aromatic carbocycles. The highest BCUT2D eigenvalue weighted by Crippen LogP contribution is 2.67. The number of nitrogens with zero attached hydrogens (tertiary/aromatic N) is 1. The minimum absolute atomic E-state index is 0.0273. The van der Waals surface area contributed by atoms with Crippen LogP contribution in [0.15, 0.2) is 47.3 Å². The Labute approximate surface area is 261 Å². The molecular formula is C34H43N3O8. The van der Waals surface area contributed by atoms with E-state index in [1.807, 2.05) is 37.3 Å². The number of nitrogens with one attached hydrogen (secondary N) is 2. The van der Waals surface area contributed by atoms with Gasteiger partial charge in [-0.25, -0.2) is 4.79 Å². The summed E-state index contributed by atoms with van der Waals surface area (Å²) in [5.41, 5.74) is 0.877. The first-order valence-electron chi connectivity index (χ1n) is 15.9. The Bertz CT molecular complexity index is 1570. The lowest BCUT2D eigenvalue weighted by atomic mass is 9.45. The number of oxime groups is 1. The monoisotopic (exact) mass is 621 g/mol. The van der Waals surface area contributed by atoms with Crippen molar-refractivity contribution in [1.29, 1.82) is 0 Å². The molecule has 0 unspecified atom stereocenters. The topological polar surface area (TPSA) is 182 Å². The van der Waals surface area contributed by atoms with Crippen LogP contribution in [0.4, 0.5) is 0 Å². The van der Waals surface area contributed by atoms with E-state index >= 15 is 0 Å². The first-order valence-corrected chi connectivity index (χ1v) is 15.9. The van der Waals surface area contributed by atoms with E-state index in [1.165, 1.54) is 5.57 Å². The van der Waals surface area contributed by atoms with Gasteiger partial charge in [-0.3, -0.25) is 9.59 Å². The molecule has 242 valence electrons. The van der Waals surface area contributed by atoms with E-state index in [-0.39, 0.29) is 29.6 Å². The standard InChI is InChI=1S/C34H43N3O8/c1-32-11-9-21(37-45-18-29(41)36-26(31(42)43)13-19-16-35-25-6-4-3-5-22(19)25)14-20(32)7-8-23-24-10-12-34(44,28(40)17-38)33(24,2)15-27(39)30(23)32/h3-6,14,16,23-24,26-27,30,35,38-39,44H,7-13,15,17-18H2,1-2H3,(H,36,41)(H,42,43)/b37-21-/t23-,24-,26+,27-,30+,32-,33-,34-/m0/s1. The van der Waals surface area contributed by atoms with Crippen molar-refractivity contribution in [2.75, 3.05) is 13.2 Å². The molecule has 8 atom stereocenters. The minimum Gasteiger partial charge on any atom is -0.480 e. The number of Topliss-reactive ketones (excluding diaryl/α,β-unsaturated/α-hetero) is 1. The van der Waals surface area contributed by atoms with Gasteiger partial charge < -0.3 is 35.6 Å². The van der Waals surface area contributed by atoms with Crippen LogP contribution >= 0.6 is 0 Å². The number of aliphatic hydroxyl groups is 3. The maximum Gasteiger partial charge on any atom is 0.326 e. The largest absolute Gasteiger partial charge is 0.480 e. The van der Waals surface area contributed by atoms with E-state index in [9.17, 15) is 34.8 Å². The van der Waals surface area contributed by atoms with Crippen molar-refractivity contribution in [3.8, 4) is 0 Å². The van der Waals surface area contributed by atoms with Gasteiger partial charge in [-0.05, 0) is 85.8 Å². The number of para-hydroxylation sites is 1. The number of carboxylic acids is 1. The van der Waals surface area contributed by atoms with Gasteiger partial charge in [-0.1, -0.05) is 42.8 Å². The number of aliphatic carboxylic acids is 1. The van der Waals surface area contributed by atoms with E-state index in [4.69, 9.17) is 4.84 Å². The Kier molecular flexibility index (Phi) is 8.16. The molecule has 0 saturated heterocycles. The van der Waals surface area contributed by atoms with Crippen LogP contribution in [-0.2, 0) is 25.6 Å². The van der Waals surface area contributed by atoms with Gasteiger partial charge in [-0.15, -0.1) is 0 Å². The zero-order chi connectivity index (χ0) is 32.1. The van der Waals surface area contributed by atoms with Crippen LogP contribution in [0.5, 0.6) is 0 Å². The Morgan fingerprint density at radius 2 is 1.93 bits per heavy atom. The number of hydrogen-bond donors (Lipinski definition) is 6. The number of H-pyrrole nitrogens is 1. The Balaban J connectivity index is 1.09. The predicted molar refractivity (Wildman–Crippen MR) is 165 cm³/mol. The summed E-state index contributed by atoms with van der Waals surface area (Å²) < 4.78 is 0. The number of allylic oxidation sites excluding steroid dienone is 2. The fourth-order valence-corrected chi connectivity index (χ4v) is 9.49. The van der Waals surface area contributed by atoms with Crippen LogP contribution in [0, 0.1) is 28.6 Å². The quantitative estimate of drug-likeness (QED) is 0.231. The van der Waals surface area contributed by atoms with Crippen LogP contribution in [0.25, 0.3) is 10.9 Å². The number of carboxylic acid groups (broad SMARTS) is 1. The average Bonchev–Trinajstić information content (AvgIpc) is 3.54. The number of carbonyl (C=O) groups excluding carboxylic acids is 2. The van der Waals surface area contributed by atoms with Gasteiger partial charge in [-0.2, -0.15) is 0 Å². The summed E-state index contributed by atoms with van der Waals surface area (Å²) in [5.74, 6) is -2.08. The van der Waals surface area contributed by atoms with Crippen LogP contribution in [-0.4, -0.2) is 79.7 Å². The highest BCUT2D eigenvalue weighted by molar-refractivity contribution is 5.96. The van der Waals surface area contributed by atoms with E-state index in [2.05, 4.69) is 22.4 Å². The molecule has 1 aromatic heterocycles. The number of carbonyl (C=O) groups is 3. The van der Waals surface area contributed by atoms with Gasteiger partial charge in [0.25, 0.3) is 5.91 Å². The second kappa shape index (κ2) is 11.7. The number of aromatic amines is 1. The number of ketones is 1. The highest BCUT2D eigenvalue weighted by Gasteiger charge is 2.68. The van der Waals surface area contributed by atoms with Crippen molar-refractivity contribution in [3.63, 3.8) is 0 Å². The van der Waals surface area contributed by atoms with Crippen molar-refractivity contribution in [3.05, 3.63) is 47.7 Å². The smallest absolute Gasteiger partial charge is 0.326 e. The van der Waals surface area contributed by atoms with E-state index in [1.54, 1.807) is 6.20 Å². The number of aromatic nitrogens is 1. The summed E-state index contributed by atoms with van der Waals surface area (Å²) >= 11 is 0. The molecule has 6 rings (SSSR count). The Morgan fingerprint density at radius 3 is 2.69 bits per heavy atom. The molecule has 1 amide bonds. The Hall–Kier alpha value is -3.54. The molecule has 45 heavy (non-hydrogen) atoms. The molecule has 4 aliphatic carbocycles. The summed E-state index contributed by atoms with van der Waals surface area (Å²) in [5, 5.41) is 49.9. The predicted octanol–water partition coefficient (Wildman–Crippen LogP) is 2.88. The zero-order valence-corrected chi connectivity index (χ0v) is 25.8. The second-order valence-electron chi connectivity index (χ2n) is 14.0. The fourth-order valence-electron chi connectivity index (χ4n) is 9.49. The molecule has 6 N–H and O–H groups in total. The van der Waals surface area contributed by atoms with Crippen molar-refractivity contribution in [2.24, 2.45) is 33.7 Å². The minimum atomic E-state index is -1.62. The van der Waals surface area contributed by atoms with Gasteiger partial charge in [0.15, 0.2) is 12.4 Å². The molecule has 0 aliphatic heterocycles. The molecular weight excluding hydrogens is 578 g/mol. The summed E-state index contributed by atoms with van der Waals surface area (Å²) in [4.78, 5) is 45.7. The lowest BCUT2D eigenvalue weighted by molar-refractivity contribution is -0.181. The number of amides is 1. The van der Waals surface area contributed by atoms with Gasteiger partial charge in [0.2, 0.25) is 0 Å². The lowest BCUT2D eigenvalue weighted by Crippen LogP contribution is -2.62. The molecule has 4 aliphatic rings. The molecule has 0 radical (unpaired) electrons. The number of aliphatic hydroxyl groups excluding tert-OH is 2. The summed E-state index contributed by atoms with van der Waals surface area (Å²) in [6, 6.07) is 6.45. The van der Waals surface area contributed by atoms with Gasteiger partial charge in [0, 0.05) is 28.9 Å². The zero-order valence-electron chi connectivity index (χ0n) is 25.8. The molecule has 1 heterocycles. The SMILES string of the molecule is C[C@]12CC/C(=N/OCC(=O)N[C@H](Cc3c[nH]c4ccccc34)C(=O)O)C=C1CC[C@@H]1[C@@H]2[C@@H](O)C[C@@]2(C)[C@H]1CC[C@]2(O)C(=O)CO. The van der Waals surface area contributed by atoms with E-state index < -0.39 is 54.0 Å². The first kappa shape index (κ1) is 31.4. The third kappa shape index (κ3) is 5.18. The lowest BCUT2D eigenvalue weighted by Gasteiger charge is -2.60. The molecule has 0 bridgehead atoms. The second-order valence-corrected chi connectivity index (χ2v) is 14.0. The highest BCUT2D eigenvalue weighted by atomic mass is 16.6. The molecule has 0 spiro atoms. The van der Waals surface area contributed by atoms with Crippen molar-refractivity contribution in [1.82, 2.24) is 10.3 Å². The van der Waals surface area contributed by atoms with Crippen molar-refractivity contribution >= 4 is 34.3 Å². The third-order valence-corrected chi connectivity index (χ3v) is 11.8.